The number of nitrogens with zero attached hydrogens (tertiary/aromatic N) is 4. The molecule has 9 nitrogen and oxygen atoms in total. The number of hydrogen-bond acceptors (Lipinski definition) is 7. The largest absolute Gasteiger partial charge is 0.490 e. The van der Waals surface area contributed by atoms with E-state index >= 15 is 0 Å². The first-order valence-electron chi connectivity index (χ1n) is 23.3. The minimum atomic E-state index is -5.08. The van der Waals surface area contributed by atoms with E-state index in [2.05, 4.69) is 100 Å². The lowest BCUT2D eigenvalue weighted by Gasteiger charge is -2.27. The Morgan fingerprint density at radius 3 is 1.29 bits per heavy atom. The van der Waals surface area contributed by atoms with Gasteiger partial charge in [0.25, 0.3) is 0 Å². The molecule has 0 bridgehead atoms. The zero-order valence-corrected chi connectivity index (χ0v) is 40.4. The molecule has 0 saturated carbocycles. The number of allylic oxidation sites excluding steroid dienone is 2. The molecule has 4 aliphatic rings. The first-order chi connectivity index (χ1) is 34.4. The lowest BCUT2D eigenvalue weighted by Crippen LogP contribution is -2.42. The van der Waals surface area contributed by atoms with Crippen LogP contribution in [0.1, 0.15) is 64.0 Å². The van der Waals surface area contributed by atoms with Gasteiger partial charge in [-0.15, -0.1) is 0 Å². The van der Waals surface area contributed by atoms with E-state index in [0.717, 1.165) is 90.2 Å². The van der Waals surface area contributed by atoms with Crippen LogP contribution in [-0.4, -0.2) is 93.5 Å². The number of rotatable bonds is 8. The van der Waals surface area contributed by atoms with Crippen LogP contribution in [0.15, 0.2) is 134 Å². The Morgan fingerprint density at radius 2 is 0.917 bits per heavy atom. The van der Waals surface area contributed by atoms with Gasteiger partial charge in [0, 0.05) is 96.8 Å². The molecule has 4 aromatic carbocycles. The number of carboxylic acids is 2. The number of carboxylic acid groups (broad SMARTS) is 2. The number of aromatic nitrogens is 2. The zero-order chi connectivity index (χ0) is 51.4. The van der Waals surface area contributed by atoms with Crippen molar-refractivity contribution in [2.24, 2.45) is 0 Å². The van der Waals surface area contributed by atoms with Gasteiger partial charge in [-0.3, -0.25) is 19.8 Å². The number of piperazine rings is 1. The molecule has 0 radical (unpaired) electrons. The fraction of sp³-hybridized carbons (Fsp3) is 0.273. The van der Waals surface area contributed by atoms with Gasteiger partial charge < -0.3 is 15.5 Å². The summed E-state index contributed by atoms with van der Waals surface area (Å²) in [6.07, 6.45) is 4.16. The van der Waals surface area contributed by atoms with E-state index in [0.29, 0.717) is 0 Å². The van der Waals surface area contributed by atoms with Crippen LogP contribution >= 0.6 is 23.2 Å². The number of carbonyl (C=O) groups is 2. The maximum Gasteiger partial charge on any atom is 0.490 e. The molecule has 4 heterocycles. The van der Waals surface area contributed by atoms with Crippen molar-refractivity contribution >= 4 is 46.3 Å². The van der Waals surface area contributed by atoms with Crippen molar-refractivity contribution in [3.05, 3.63) is 189 Å². The predicted molar refractivity (Wildman–Crippen MR) is 268 cm³/mol. The van der Waals surface area contributed by atoms with Crippen molar-refractivity contribution in [1.82, 2.24) is 25.1 Å². The van der Waals surface area contributed by atoms with Crippen LogP contribution in [0.4, 0.5) is 26.3 Å². The summed E-state index contributed by atoms with van der Waals surface area (Å²) >= 11 is 12.4. The van der Waals surface area contributed by atoms with Crippen molar-refractivity contribution in [2.75, 3.05) is 39.3 Å². The second kappa shape index (κ2) is 24.4. The van der Waals surface area contributed by atoms with Crippen LogP contribution in [0.25, 0.3) is 33.4 Å². The number of alkyl halides is 6. The molecule has 6 aromatic rings. The van der Waals surface area contributed by atoms with Crippen LogP contribution in [0.5, 0.6) is 0 Å². The van der Waals surface area contributed by atoms with E-state index in [1.165, 1.54) is 82.4 Å². The Hall–Kier alpha value is -6.36. The summed E-state index contributed by atoms with van der Waals surface area (Å²) in [7, 11) is 0. The number of nitrogens with one attached hydrogen (secondary N) is 1. The highest BCUT2D eigenvalue weighted by Crippen LogP contribution is 2.37. The zero-order valence-electron chi connectivity index (χ0n) is 38.9. The van der Waals surface area contributed by atoms with Gasteiger partial charge in [0.1, 0.15) is 0 Å². The third-order valence-corrected chi connectivity index (χ3v) is 12.8. The number of hydrogen-bond donors (Lipinski definition) is 3. The van der Waals surface area contributed by atoms with Gasteiger partial charge in [-0.2, -0.15) is 26.3 Å². The van der Waals surface area contributed by atoms with Gasteiger partial charge in [0.05, 0.1) is 11.4 Å². The molecule has 17 heteroatoms. The van der Waals surface area contributed by atoms with Crippen molar-refractivity contribution in [2.45, 2.75) is 57.5 Å². The topological polar surface area (TPSA) is 119 Å². The molecule has 2 aliphatic carbocycles. The predicted octanol–water partition coefficient (Wildman–Crippen LogP) is 12.4. The average molecular weight is 1030 g/mol. The summed E-state index contributed by atoms with van der Waals surface area (Å²) in [5.41, 5.74) is 17.0. The Morgan fingerprint density at radius 1 is 0.528 bits per heavy atom. The van der Waals surface area contributed by atoms with E-state index in [9.17, 15) is 26.3 Å². The third kappa shape index (κ3) is 14.9. The smallest absolute Gasteiger partial charge is 0.475 e. The Labute approximate surface area is 423 Å². The van der Waals surface area contributed by atoms with Crippen LogP contribution in [-0.2, 0) is 35.5 Å². The maximum atomic E-state index is 10.6. The summed E-state index contributed by atoms with van der Waals surface area (Å²) in [4.78, 5) is 32.4. The summed E-state index contributed by atoms with van der Waals surface area (Å²) in [5, 5.41) is 19.2. The Kier molecular flexibility index (Phi) is 18.1. The normalized spacial score (nSPS) is 15.5. The molecule has 376 valence electrons. The molecular weight excluding hydrogens is 980 g/mol. The van der Waals surface area contributed by atoms with Gasteiger partial charge in [0.2, 0.25) is 0 Å². The van der Waals surface area contributed by atoms with E-state index in [1.54, 1.807) is 0 Å². The minimum absolute atomic E-state index is 0.765. The molecule has 0 amide bonds. The Bertz CT molecular complexity index is 2700. The first kappa shape index (κ1) is 53.4. The molecule has 2 fully saturated rings. The van der Waals surface area contributed by atoms with Gasteiger partial charge in [-0.1, -0.05) is 115 Å². The second-order valence-electron chi connectivity index (χ2n) is 17.5. The van der Waals surface area contributed by atoms with Gasteiger partial charge in [0.15, 0.2) is 0 Å². The van der Waals surface area contributed by atoms with Crippen LogP contribution < -0.4 is 5.32 Å². The second-order valence-corrected chi connectivity index (χ2v) is 18.3. The first-order valence-corrected chi connectivity index (χ1v) is 24.0. The molecule has 72 heavy (non-hydrogen) atoms. The van der Waals surface area contributed by atoms with Crippen molar-refractivity contribution in [3.63, 3.8) is 0 Å². The highest BCUT2D eigenvalue weighted by atomic mass is 35.5. The van der Waals surface area contributed by atoms with E-state index in [4.69, 9.17) is 53.0 Å². The molecule has 2 saturated heterocycles. The number of likely N-dealkylation sites (tertiary alicyclic amines) is 1. The molecular formula is C55H51Cl2F6N5O4. The SMILES string of the molecule is Clc1cccc(C2=CCc3ncc(-c4ccc(CN5CCCCC5)cc4)cc32)c1.Clc1cccc(C2=CCc3ncc(-c4ccc(CN5CCNCC5)cc4)cc32)c1.O=C(O)C(F)(F)F.O=C(O)C(F)(F)F. The fourth-order valence-corrected chi connectivity index (χ4v) is 9.06. The highest BCUT2D eigenvalue weighted by Gasteiger charge is 2.39. The number of benzene rings is 4. The van der Waals surface area contributed by atoms with E-state index in [1.807, 2.05) is 48.8 Å². The van der Waals surface area contributed by atoms with Gasteiger partial charge >= 0.3 is 24.3 Å². The number of halogens is 8. The summed E-state index contributed by atoms with van der Waals surface area (Å²) < 4.78 is 63.5. The molecule has 0 atom stereocenters. The monoisotopic (exact) mass is 1030 g/mol. The lowest BCUT2D eigenvalue weighted by atomic mass is 9.97. The van der Waals surface area contributed by atoms with Crippen molar-refractivity contribution in [3.8, 4) is 22.3 Å². The van der Waals surface area contributed by atoms with Crippen molar-refractivity contribution in [1.29, 1.82) is 0 Å². The summed E-state index contributed by atoms with van der Waals surface area (Å²) in [6, 6.07) is 38.6. The molecule has 2 aliphatic heterocycles. The standard InChI is InChI=1S/C26H25ClN2.C25H24ClN3.2C2HF3O2/c27-23-6-4-5-21(15-23)24-11-12-26-25(24)16-22(17-28-26)20-9-7-19(8-10-20)18-29-13-2-1-3-14-29;26-22-3-1-2-20(14-22)23-8-9-25-24(23)15-21(16-28-25)19-6-4-18(5-7-19)17-29-12-10-27-11-13-29;2*3-2(4,5)1(6)7/h4-11,15-17H,1-3,12-14,18H2;1-8,14-16,27H,9-13,17H2;2*(H,6,7). The van der Waals surface area contributed by atoms with Crippen LogP contribution in [0.2, 0.25) is 10.0 Å². The van der Waals surface area contributed by atoms with E-state index < -0.39 is 24.3 Å². The van der Waals surface area contributed by atoms with Crippen LogP contribution in [0, 0.1) is 0 Å². The molecule has 0 unspecified atom stereocenters. The maximum absolute atomic E-state index is 10.6. The van der Waals surface area contributed by atoms with E-state index in [-0.39, 0.29) is 0 Å². The number of fused-ring (bicyclic) bond motifs is 2. The molecule has 10 rings (SSSR count). The fourth-order valence-electron chi connectivity index (χ4n) is 8.68. The molecule has 2 aromatic heterocycles. The number of piperidine rings is 1. The summed E-state index contributed by atoms with van der Waals surface area (Å²) in [5.74, 6) is -5.51. The highest BCUT2D eigenvalue weighted by molar-refractivity contribution is 6.31. The number of aliphatic carboxylic acids is 2. The summed E-state index contributed by atoms with van der Waals surface area (Å²) in [6.45, 7) is 8.95. The molecule has 3 N–H and O–H groups in total. The molecule has 0 spiro atoms. The van der Waals surface area contributed by atoms with Crippen LogP contribution in [0.3, 0.4) is 0 Å². The van der Waals surface area contributed by atoms with Gasteiger partial charge in [-0.05, 0) is 107 Å². The average Bonchev–Trinajstić information content (AvgIpc) is 4.00. The number of pyridine rings is 2. The lowest BCUT2D eigenvalue weighted by molar-refractivity contribution is -0.193. The minimum Gasteiger partial charge on any atom is -0.475 e. The van der Waals surface area contributed by atoms with Gasteiger partial charge in [-0.25, -0.2) is 9.59 Å². The Balaban J connectivity index is 0.000000168. The quantitative estimate of drug-likeness (QED) is 0.128. The third-order valence-electron chi connectivity index (χ3n) is 12.3. The van der Waals surface area contributed by atoms with Crippen molar-refractivity contribution < 1.29 is 46.1 Å².